The highest BCUT2D eigenvalue weighted by molar-refractivity contribution is 7.10. The van der Waals surface area contributed by atoms with E-state index in [9.17, 15) is 4.79 Å². The van der Waals surface area contributed by atoms with Crippen LogP contribution in [-0.2, 0) is 9.53 Å². The van der Waals surface area contributed by atoms with Gasteiger partial charge in [0.2, 0.25) is 0 Å². The molecule has 0 aliphatic carbocycles. The topological polar surface area (TPSA) is 52.3 Å². The second-order valence-electron chi connectivity index (χ2n) is 2.44. The van der Waals surface area contributed by atoms with E-state index in [2.05, 4.69) is 4.74 Å². The molecule has 3 nitrogen and oxygen atoms in total. The number of esters is 1. The fraction of sp³-hybridized carbons (Fsp3) is 0.375. The Bertz CT molecular complexity index is 300. The average molecular weight is 220 g/mol. The van der Waals surface area contributed by atoms with Crippen LogP contribution in [0.4, 0.5) is 0 Å². The van der Waals surface area contributed by atoms with Crippen LogP contribution in [0.2, 0.25) is 5.02 Å². The third-order valence-corrected chi connectivity index (χ3v) is 3.15. The molecule has 0 spiro atoms. The molecule has 1 unspecified atom stereocenters. The molecule has 1 atom stereocenters. The van der Waals surface area contributed by atoms with Gasteiger partial charge in [-0.25, -0.2) is 0 Å². The van der Waals surface area contributed by atoms with E-state index in [-0.39, 0.29) is 12.5 Å². The lowest BCUT2D eigenvalue weighted by molar-refractivity contribution is -0.142. The third kappa shape index (κ3) is 2.21. The van der Waals surface area contributed by atoms with Gasteiger partial charge < -0.3 is 10.5 Å². The van der Waals surface area contributed by atoms with Gasteiger partial charge in [0.25, 0.3) is 0 Å². The van der Waals surface area contributed by atoms with E-state index >= 15 is 0 Å². The van der Waals surface area contributed by atoms with Crippen LogP contribution in [0.25, 0.3) is 0 Å². The zero-order valence-electron chi connectivity index (χ0n) is 7.12. The van der Waals surface area contributed by atoms with Crippen LogP contribution in [0.1, 0.15) is 10.8 Å². The van der Waals surface area contributed by atoms with Gasteiger partial charge in [-0.3, -0.25) is 4.79 Å². The highest BCUT2D eigenvalue weighted by Crippen LogP contribution is 2.30. The summed E-state index contributed by atoms with van der Waals surface area (Å²) in [5.41, 5.74) is 5.46. The average Bonchev–Trinajstić information content (AvgIpc) is 2.53. The molecule has 0 saturated heterocycles. The number of carbonyl (C=O) groups excluding carboxylic acids is 1. The number of nitrogens with two attached hydrogens (primary N) is 1. The summed E-state index contributed by atoms with van der Waals surface area (Å²) in [6, 6.07) is 1.74. The molecular formula is C8H10ClNO2S. The summed E-state index contributed by atoms with van der Waals surface area (Å²) in [5.74, 6) is -0.774. The first kappa shape index (κ1) is 10.5. The number of thiophene rings is 1. The lowest BCUT2D eigenvalue weighted by Crippen LogP contribution is -2.22. The van der Waals surface area contributed by atoms with Crippen LogP contribution in [-0.4, -0.2) is 19.6 Å². The first-order valence-electron chi connectivity index (χ1n) is 3.71. The number of hydrogen-bond donors (Lipinski definition) is 1. The molecule has 1 aromatic heterocycles. The van der Waals surface area contributed by atoms with Crippen molar-refractivity contribution in [1.82, 2.24) is 0 Å². The van der Waals surface area contributed by atoms with Crippen LogP contribution in [0.3, 0.4) is 0 Å². The predicted molar refractivity (Wildman–Crippen MR) is 53.1 cm³/mol. The summed E-state index contributed by atoms with van der Waals surface area (Å²) >= 11 is 7.27. The first-order chi connectivity index (χ1) is 6.20. The number of carbonyl (C=O) groups is 1. The Kier molecular flexibility index (Phi) is 3.71. The molecule has 0 fully saturated rings. The smallest absolute Gasteiger partial charge is 0.315 e. The molecule has 0 bridgehead atoms. The summed E-state index contributed by atoms with van der Waals surface area (Å²) in [5, 5.41) is 2.40. The Labute approximate surface area is 85.4 Å². The maximum atomic E-state index is 11.2. The third-order valence-electron chi connectivity index (χ3n) is 1.68. The van der Waals surface area contributed by atoms with Crippen LogP contribution in [0.15, 0.2) is 11.4 Å². The van der Waals surface area contributed by atoms with Gasteiger partial charge in [-0.1, -0.05) is 11.6 Å². The van der Waals surface area contributed by atoms with E-state index in [0.717, 1.165) is 4.88 Å². The van der Waals surface area contributed by atoms with E-state index in [1.165, 1.54) is 18.4 Å². The quantitative estimate of drug-likeness (QED) is 0.786. The summed E-state index contributed by atoms with van der Waals surface area (Å²) in [6.07, 6.45) is 0. The molecule has 0 amide bonds. The molecule has 0 radical (unpaired) electrons. The number of ether oxygens (including phenoxy) is 1. The molecule has 0 aliphatic rings. The molecule has 72 valence electrons. The summed E-state index contributed by atoms with van der Waals surface area (Å²) < 4.78 is 4.61. The molecule has 0 saturated carbocycles. The van der Waals surface area contributed by atoms with Crippen molar-refractivity contribution in [3.05, 3.63) is 21.3 Å². The summed E-state index contributed by atoms with van der Waals surface area (Å²) in [6.45, 7) is 0.215. The van der Waals surface area contributed by atoms with Crippen LogP contribution in [0.5, 0.6) is 0 Å². The Morgan fingerprint density at radius 1 is 1.85 bits per heavy atom. The summed E-state index contributed by atoms with van der Waals surface area (Å²) in [7, 11) is 1.34. The number of methoxy groups -OCH3 is 1. The van der Waals surface area contributed by atoms with Crippen molar-refractivity contribution in [2.45, 2.75) is 5.92 Å². The van der Waals surface area contributed by atoms with Crippen molar-refractivity contribution >= 4 is 28.9 Å². The maximum Gasteiger partial charge on any atom is 0.315 e. The monoisotopic (exact) mass is 219 g/mol. The van der Waals surface area contributed by atoms with Gasteiger partial charge in [0, 0.05) is 11.4 Å². The van der Waals surface area contributed by atoms with Gasteiger partial charge in [-0.2, -0.15) is 0 Å². The van der Waals surface area contributed by atoms with Crippen LogP contribution < -0.4 is 5.73 Å². The highest BCUT2D eigenvalue weighted by atomic mass is 35.5. The van der Waals surface area contributed by atoms with Gasteiger partial charge in [-0.05, 0) is 11.4 Å². The van der Waals surface area contributed by atoms with Crippen LogP contribution >= 0.6 is 22.9 Å². The van der Waals surface area contributed by atoms with Crippen molar-refractivity contribution in [3.8, 4) is 0 Å². The molecule has 1 aromatic rings. The molecule has 2 N–H and O–H groups in total. The van der Waals surface area contributed by atoms with Crippen molar-refractivity contribution in [2.24, 2.45) is 5.73 Å². The fourth-order valence-electron chi connectivity index (χ4n) is 1.01. The van der Waals surface area contributed by atoms with E-state index in [0.29, 0.717) is 5.02 Å². The van der Waals surface area contributed by atoms with E-state index < -0.39 is 5.92 Å². The van der Waals surface area contributed by atoms with E-state index in [1.54, 1.807) is 6.07 Å². The lowest BCUT2D eigenvalue weighted by Gasteiger charge is -2.10. The minimum absolute atomic E-state index is 0.215. The summed E-state index contributed by atoms with van der Waals surface area (Å²) in [4.78, 5) is 12.0. The second-order valence-corrected chi connectivity index (χ2v) is 3.80. The Morgan fingerprint density at radius 2 is 2.54 bits per heavy atom. The molecule has 5 heteroatoms. The SMILES string of the molecule is COC(=O)C(CN)c1sccc1Cl. The first-order valence-corrected chi connectivity index (χ1v) is 4.97. The standard InChI is InChI=1S/C8H10ClNO2S/c1-12-8(11)5(4-10)7-6(9)2-3-13-7/h2-3,5H,4,10H2,1H3. The maximum absolute atomic E-state index is 11.2. The highest BCUT2D eigenvalue weighted by Gasteiger charge is 2.23. The minimum atomic E-state index is -0.433. The molecule has 0 aliphatic heterocycles. The number of hydrogen-bond acceptors (Lipinski definition) is 4. The molecule has 13 heavy (non-hydrogen) atoms. The zero-order valence-corrected chi connectivity index (χ0v) is 8.69. The number of halogens is 1. The molecule has 0 aromatic carbocycles. The lowest BCUT2D eigenvalue weighted by atomic mass is 10.1. The van der Waals surface area contributed by atoms with Gasteiger partial charge >= 0.3 is 5.97 Å². The molecule has 1 heterocycles. The van der Waals surface area contributed by atoms with Crippen molar-refractivity contribution in [3.63, 3.8) is 0 Å². The van der Waals surface area contributed by atoms with Crippen molar-refractivity contribution < 1.29 is 9.53 Å². The molecular weight excluding hydrogens is 210 g/mol. The van der Waals surface area contributed by atoms with Crippen LogP contribution in [0, 0.1) is 0 Å². The predicted octanol–water partition coefficient (Wildman–Crippen LogP) is 1.62. The number of rotatable bonds is 3. The normalized spacial score (nSPS) is 12.5. The largest absolute Gasteiger partial charge is 0.468 e. The van der Waals surface area contributed by atoms with Gasteiger partial charge in [0.1, 0.15) is 5.92 Å². The van der Waals surface area contributed by atoms with Crippen molar-refractivity contribution in [2.75, 3.05) is 13.7 Å². The Balaban J connectivity index is 2.90. The molecule has 1 rings (SSSR count). The second kappa shape index (κ2) is 4.60. The van der Waals surface area contributed by atoms with E-state index in [1.807, 2.05) is 5.38 Å². The Hall–Kier alpha value is -0.580. The zero-order chi connectivity index (χ0) is 9.84. The Morgan fingerprint density at radius 3 is 2.92 bits per heavy atom. The minimum Gasteiger partial charge on any atom is -0.468 e. The van der Waals surface area contributed by atoms with Crippen molar-refractivity contribution in [1.29, 1.82) is 0 Å². The van der Waals surface area contributed by atoms with E-state index in [4.69, 9.17) is 17.3 Å². The fourth-order valence-corrected chi connectivity index (χ4v) is 2.30. The van der Waals surface area contributed by atoms with Gasteiger partial charge in [-0.15, -0.1) is 11.3 Å². The van der Waals surface area contributed by atoms with Gasteiger partial charge in [0.15, 0.2) is 0 Å². The van der Waals surface area contributed by atoms with Gasteiger partial charge in [0.05, 0.1) is 12.1 Å².